The van der Waals surface area contributed by atoms with E-state index >= 15 is 0 Å². The van der Waals surface area contributed by atoms with Crippen LogP contribution in [0.25, 0.3) is 0 Å². The second kappa shape index (κ2) is 4.95. The summed E-state index contributed by atoms with van der Waals surface area (Å²) in [6, 6.07) is 9.79. The van der Waals surface area contributed by atoms with Crippen molar-refractivity contribution in [1.82, 2.24) is 0 Å². The van der Waals surface area contributed by atoms with Gasteiger partial charge in [-0.3, -0.25) is 4.72 Å². The van der Waals surface area contributed by atoms with Gasteiger partial charge >= 0.3 is 0 Å². The van der Waals surface area contributed by atoms with Gasteiger partial charge in [0, 0.05) is 6.07 Å². The van der Waals surface area contributed by atoms with Gasteiger partial charge in [0.1, 0.15) is 10.8 Å². The Hall–Kier alpha value is -1.60. The van der Waals surface area contributed by atoms with Crippen LogP contribution in [0.1, 0.15) is 0 Å². The first-order valence-corrected chi connectivity index (χ1v) is 7.65. The molecule has 96 valence electrons. The number of hydrogen-bond donors (Lipinski definition) is 1. The molecule has 4 nitrogen and oxygen atoms in total. The molecule has 2 rings (SSSR count). The summed E-state index contributed by atoms with van der Waals surface area (Å²) in [5.74, 6) is -0.112. The summed E-state index contributed by atoms with van der Waals surface area (Å²) >= 11 is 0.894. The molecule has 0 fully saturated rings. The first-order valence-electron chi connectivity index (χ1n) is 4.94. The molecule has 0 aliphatic rings. The van der Waals surface area contributed by atoms with E-state index in [2.05, 4.69) is 4.72 Å². The van der Waals surface area contributed by atoms with Crippen LogP contribution < -0.4 is 9.46 Å². The van der Waals surface area contributed by atoms with Crippen LogP contribution in [-0.4, -0.2) is 14.7 Å². The van der Waals surface area contributed by atoms with Gasteiger partial charge in [-0.2, -0.15) is 0 Å². The van der Waals surface area contributed by atoms with E-state index in [1.807, 2.05) is 6.07 Å². The molecule has 18 heavy (non-hydrogen) atoms. The van der Waals surface area contributed by atoms with Gasteiger partial charge in [0.25, 0.3) is 0 Å². The summed E-state index contributed by atoms with van der Waals surface area (Å²) in [7, 11) is -3.42. The fourth-order valence-electron chi connectivity index (χ4n) is 1.25. The maximum atomic E-state index is 13.5. The molecule has 2 aromatic rings. The minimum Gasteiger partial charge on any atom is -0.443 e. The number of benzene rings is 1. The van der Waals surface area contributed by atoms with Crippen molar-refractivity contribution in [2.24, 2.45) is 0 Å². The summed E-state index contributed by atoms with van der Waals surface area (Å²) in [4.78, 5) is 0. The van der Waals surface area contributed by atoms with E-state index in [0.717, 1.165) is 23.7 Å². The molecule has 0 bridgehead atoms. The van der Waals surface area contributed by atoms with Crippen LogP contribution in [0, 0.1) is 5.82 Å². The number of nitrogens with one attached hydrogen (secondary N) is 1. The lowest BCUT2D eigenvalue weighted by atomic mass is 10.3. The number of hydrogen-bond acceptors (Lipinski definition) is 4. The van der Waals surface area contributed by atoms with Crippen LogP contribution in [0.5, 0.6) is 10.8 Å². The molecule has 0 amide bonds. The fraction of sp³-hybridized carbons (Fsp3) is 0.0909. The van der Waals surface area contributed by atoms with Crippen LogP contribution in [0.4, 0.5) is 9.39 Å². The molecule has 1 N–H and O–H groups in total. The van der Waals surface area contributed by atoms with E-state index in [-0.39, 0.29) is 10.1 Å². The Balaban J connectivity index is 2.20. The standard InChI is InChI=1S/C11H10FNO3S2/c1-18(14,15)13-10-7-9(12)11(17-10)16-8-5-3-2-4-6-8/h2-7,13H,1H3. The lowest BCUT2D eigenvalue weighted by Gasteiger charge is -2.01. The normalized spacial score (nSPS) is 11.2. The molecule has 1 heterocycles. The van der Waals surface area contributed by atoms with Gasteiger partial charge in [0.05, 0.1) is 6.26 Å². The molecule has 0 aliphatic heterocycles. The maximum absolute atomic E-state index is 13.5. The van der Waals surface area contributed by atoms with Crippen molar-refractivity contribution in [2.75, 3.05) is 11.0 Å². The van der Waals surface area contributed by atoms with Crippen LogP contribution in [-0.2, 0) is 10.0 Å². The third-order valence-corrected chi connectivity index (χ3v) is 3.52. The molecule has 0 saturated heterocycles. The van der Waals surface area contributed by atoms with Crippen molar-refractivity contribution in [3.05, 3.63) is 42.2 Å². The minimum absolute atomic E-state index is 0.0207. The van der Waals surface area contributed by atoms with E-state index in [0.29, 0.717) is 5.75 Å². The number of ether oxygens (including phenoxy) is 1. The Labute approximate surface area is 108 Å². The molecule has 0 atom stereocenters. The monoisotopic (exact) mass is 287 g/mol. The van der Waals surface area contributed by atoms with Crippen molar-refractivity contribution in [3.8, 4) is 10.8 Å². The third kappa shape index (κ3) is 3.44. The van der Waals surface area contributed by atoms with Crippen molar-refractivity contribution < 1.29 is 17.5 Å². The molecule has 1 aromatic carbocycles. The van der Waals surface area contributed by atoms with Gasteiger partial charge in [0.15, 0.2) is 5.82 Å². The summed E-state index contributed by atoms with van der Waals surface area (Å²) in [6.45, 7) is 0. The van der Waals surface area contributed by atoms with Gasteiger partial charge in [-0.05, 0) is 12.1 Å². The van der Waals surface area contributed by atoms with Gasteiger partial charge in [-0.25, -0.2) is 12.8 Å². The molecule has 0 radical (unpaired) electrons. The second-order valence-electron chi connectivity index (χ2n) is 3.54. The van der Waals surface area contributed by atoms with Crippen molar-refractivity contribution in [3.63, 3.8) is 0 Å². The predicted octanol–water partition coefficient (Wildman–Crippen LogP) is 3.05. The van der Waals surface area contributed by atoms with Crippen molar-refractivity contribution in [2.45, 2.75) is 0 Å². The minimum atomic E-state index is -3.42. The van der Waals surface area contributed by atoms with Crippen molar-refractivity contribution in [1.29, 1.82) is 0 Å². The smallest absolute Gasteiger partial charge is 0.230 e. The number of para-hydroxylation sites is 1. The average molecular weight is 287 g/mol. The van der Waals surface area contributed by atoms with Gasteiger partial charge < -0.3 is 4.74 Å². The second-order valence-corrected chi connectivity index (χ2v) is 6.30. The maximum Gasteiger partial charge on any atom is 0.230 e. The largest absolute Gasteiger partial charge is 0.443 e. The Morgan fingerprint density at radius 1 is 1.28 bits per heavy atom. The van der Waals surface area contributed by atoms with Crippen LogP contribution >= 0.6 is 11.3 Å². The summed E-state index contributed by atoms with van der Waals surface area (Å²) in [5.41, 5.74) is 0. The number of sulfonamides is 1. The summed E-state index contributed by atoms with van der Waals surface area (Å²) < 4.78 is 43.1. The molecule has 0 spiro atoms. The van der Waals surface area contributed by atoms with Gasteiger partial charge in [-0.1, -0.05) is 29.5 Å². The highest BCUT2D eigenvalue weighted by Gasteiger charge is 2.13. The van der Waals surface area contributed by atoms with Crippen molar-refractivity contribution >= 4 is 26.4 Å². The van der Waals surface area contributed by atoms with Crippen LogP contribution in [0.3, 0.4) is 0 Å². The summed E-state index contributed by atoms with van der Waals surface area (Å²) in [6.07, 6.45) is 1.00. The SMILES string of the molecule is CS(=O)(=O)Nc1cc(F)c(Oc2ccccc2)s1. The zero-order valence-electron chi connectivity index (χ0n) is 9.38. The lowest BCUT2D eigenvalue weighted by Crippen LogP contribution is -2.07. The summed E-state index contributed by atoms with van der Waals surface area (Å²) in [5, 5.41) is 0.202. The van der Waals surface area contributed by atoms with E-state index in [1.165, 1.54) is 0 Å². The fourth-order valence-corrected chi connectivity index (χ4v) is 2.95. The Kier molecular flexibility index (Phi) is 3.53. The molecular weight excluding hydrogens is 277 g/mol. The van der Waals surface area contributed by atoms with E-state index in [4.69, 9.17) is 4.74 Å². The first kappa shape index (κ1) is 12.8. The highest BCUT2D eigenvalue weighted by molar-refractivity contribution is 7.92. The highest BCUT2D eigenvalue weighted by Crippen LogP contribution is 2.36. The Bertz CT molecular complexity index is 638. The van der Waals surface area contributed by atoms with E-state index in [1.54, 1.807) is 24.3 Å². The molecule has 1 aromatic heterocycles. The average Bonchev–Trinajstić information content (AvgIpc) is 2.58. The Morgan fingerprint density at radius 2 is 1.94 bits per heavy atom. The van der Waals surface area contributed by atoms with Gasteiger partial charge in [0.2, 0.25) is 15.1 Å². The van der Waals surface area contributed by atoms with E-state index < -0.39 is 15.8 Å². The lowest BCUT2D eigenvalue weighted by molar-refractivity contribution is 0.457. The van der Waals surface area contributed by atoms with Crippen LogP contribution in [0.15, 0.2) is 36.4 Å². The number of anilines is 1. The zero-order valence-corrected chi connectivity index (χ0v) is 11.0. The molecule has 0 unspecified atom stereocenters. The van der Waals surface area contributed by atoms with Crippen LogP contribution in [0.2, 0.25) is 0 Å². The number of rotatable bonds is 4. The molecular formula is C11H10FNO3S2. The Morgan fingerprint density at radius 3 is 2.56 bits per heavy atom. The molecule has 0 aliphatic carbocycles. The molecule has 7 heteroatoms. The predicted molar refractivity (Wildman–Crippen MR) is 69.3 cm³/mol. The van der Waals surface area contributed by atoms with E-state index in [9.17, 15) is 12.8 Å². The number of thiophene rings is 1. The zero-order chi connectivity index (χ0) is 13.2. The van der Waals surface area contributed by atoms with Gasteiger partial charge in [-0.15, -0.1) is 0 Å². The third-order valence-electron chi connectivity index (χ3n) is 1.90. The topological polar surface area (TPSA) is 55.4 Å². The first-order chi connectivity index (χ1) is 8.44. The highest BCUT2D eigenvalue weighted by atomic mass is 32.2. The number of halogens is 1. The molecule has 0 saturated carbocycles. The quantitative estimate of drug-likeness (QED) is 0.940.